The third-order valence-corrected chi connectivity index (χ3v) is 4.54. The SMILES string of the molecule is O=C(/C=C/c1ccc(Oc2cccnc2)c(F)c1)NCc1ccc(Cl)s1. The van der Waals surface area contributed by atoms with Gasteiger partial charge in [-0.05, 0) is 48.0 Å². The lowest BCUT2D eigenvalue weighted by atomic mass is 10.2. The molecule has 0 bridgehead atoms. The highest BCUT2D eigenvalue weighted by Crippen LogP contribution is 2.25. The summed E-state index contributed by atoms with van der Waals surface area (Å²) in [5, 5.41) is 2.74. The molecule has 0 aliphatic carbocycles. The number of rotatable bonds is 6. The summed E-state index contributed by atoms with van der Waals surface area (Å²) in [6.45, 7) is 0.396. The fourth-order valence-electron chi connectivity index (χ4n) is 2.09. The molecule has 132 valence electrons. The molecule has 3 rings (SSSR count). The fraction of sp³-hybridized carbons (Fsp3) is 0.0526. The van der Waals surface area contributed by atoms with E-state index in [-0.39, 0.29) is 11.7 Å². The Kier molecular flexibility index (Phi) is 5.99. The van der Waals surface area contributed by atoms with Crippen molar-refractivity contribution in [1.29, 1.82) is 0 Å². The summed E-state index contributed by atoms with van der Waals surface area (Å²) in [7, 11) is 0. The summed E-state index contributed by atoms with van der Waals surface area (Å²) in [5.41, 5.74) is 0.551. The number of hydrogen-bond acceptors (Lipinski definition) is 4. The second kappa shape index (κ2) is 8.60. The molecule has 4 nitrogen and oxygen atoms in total. The maximum atomic E-state index is 14.1. The van der Waals surface area contributed by atoms with Crippen LogP contribution in [0.5, 0.6) is 11.5 Å². The zero-order valence-corrected chi connectivity index (χ0v) is 15.1. The predicted molar refractivity (Wildman–Crippen MR) is 101 cm³/mol. The van der Waals surface area contributed by atoms with Crippen molar-refractivity contribution >= 4 is 34.9 Å². The van der Waals surface area contributed by atoms with E-state index in [1.807, 2.05) is 6.07 Å². The quantitative estimate of drug-likeness (QED) is 0.600. The molecule has 3 aromatic rings. The van der Waals surface area contributed by atoms with Crippen LogP contribution in [0.3, 0.4) is 0 Å². The van der Waals surface area contributed by atoms with E-state index in [1.165, 1.54) is 41.8 Å². The number of halogens is 2. The van der Waals surface area contributed by atoms with Crippen LogP contribution in [0.25, 0.3) is 6.08 Å². The first kappa shape index (κ1) is 18.1. The third kappa shape index (κ3) is 5.15. The first-order chi connectivity index (χ1) is 12.6. The van der Waals surface area contributed by atoms with Gasteiger partial charge in [-0.1, -0.05) is 17.7 Å². The van der Waals surface area contributed by atoms with Gasteiger partial charge in [-0.15, -0.1) is 11.3 Å². The van der Waals surface area contributed by atoms with E-state index in [4.69, 9.17) is 16.3 Å². The molecule has 2 heterocycles. The van der Waals surface area contributed by atoms with Gasteiger partial charge in [0.25, 0.3) is 0 Å². The topological polar surface area (TPSA) is 51.2 Å². The number of pyridine rings is 1. The summed E-state index contributed by atoms with van der Waals surface area (Å²) in [4.78, 5) is 16.7. The van der Waals surface area contributed by atoms with Gasteiger partial charge in [-0.25, -0.2) is 4.39 Å². The van der Waals surface area contributed by atoms with E-state index in [0.717, 1.165) is 4.88 Å². The van der Waals surface area contributed by atoms with Crippen molar-refractivity contribution in [3.8, 4) is 11.5 Å². The first-order valence-electron chi connectivity index (χ1n) is 7.68. The van der Waals surface area contributed by atoms with Crippen molar-refractivity contribution in [2.45, 2.75) is 6.54 Å². The number of aromatic nitrogens is 1. The van der Waals surface area contributed by atoms with E-state index in [9.17, 15) is 9.18 Å². The second-order valence-corrected chi connectivity index (χ2v) is 7.04. The molecular formula is C19H14ClFN2O2S. The molecule has 7 heteroatoms. The van der Waals surface area contributed by atoms with Gasteiger partial charge < -0.3 is 10.1 Å². The van der Waals surface area contributed by atoms with Crippen LogP contribution in [-0.4, -0.2) is 10.9 Å². The van der Waals surface area contributed by atoms with E-state index in [2.05, 4.69) is 10.3 Å². The van der Waals surface area contributed by atoms with Crippen LogP contribution in [0.15, 0.2) is 60.9 Å². The summed E-state index contributed by atoms with van der Waals surface area (Å²) in [5.74, 6) is -0.257. The summed E-state index contributed by atoms with van der Waals surface area (Å²) < 4.78 is 20.2. The Balaban J connectivity index is 1.58. The number of carbonyl (C=O) groups is 1. The zero-order valence-electron chi connectivity index (χ0n) is 13.5. The number of nitrogens with one attached hydrogen (secondary N) is 1. The average Bonchev–Trinajstić information content (AvgIpc) is 3.06. The number of nitrogens with zero attached hydrogens (tertiary/aromatic N) is 1. The normalized spacial score (nSPS) is 10.8. The molecular weight excluding hydrogens is 375 g/mol. The highest BCUT2D eigenvalue weighted by molar-refractivity contribution is 7.16. The third-order valence-electron chi connectivity index (χ3n) is 3.31. The van der Waals surface area contributed by atoms with Crippen molar-refractivity contribution in [2.24, 2.45) is 0 Å². The van der Waals surface area contributed by atoms with Crippen LogP contribution in [0.4, 0.5) is 4.39 Å². The Hall–Kier alpha value is -2.70. The molecule has 0 aliphatic heterocycles. The minimum atomic E-state index is -0.523. The van der Waals surface area contributed by atoms with Crippen LogP contribution in [0, 0.1) is 5.82 Å². The molecule has 0 radical (unpaired) electrons. The van der Waals surface area contributed by atoms with Crippen LogP contribution < -0.4 is 10.1 Å². The van der Waals surface area contributed by atoms with Crippen molar-refractivity contribution < 1.29 is 13.9 Å². The Labute approximate surface area is 158 Å². The lowest BCUT2D eigenvalue weighted by Crippen LogP contribution is -2.19. The Morgan fingerprint density at radius 2 is 2.19 bits per heavy atom. The molecule has 1 N–H and O–H groups in total. The molecule has 0 saturated heterocycles. The van der Waals surface area contributed by atoms with Crippen molar-refractivity contribution in [3.63, 3.8) is 0 Å². The van der Waals surface area contributed by atoms with Gasteiger partial charge in [0.15, 0.2) is 11.6 Å². The number of hydrogen-bond donors (Lipinski definition) is 1. The van der Waals surface area contributed by atoms with E-state index >= 15 is 0 Å². The maximum absolute atomic E-state index is 14.1. The molecule has 0 fully saturated rings. The van der Waals surface area contributed by atoms with Gasteiger partial charge in [0.05, 0.1) is 17.1 Å². The predicted octanol–water partition coefficient (Wildman–Crippen LogP) is 5.06. The molecule has 1 aromatic carbocycles. The minimum absolute atomic E-state index is 0.0918. The summed E-state index contributed by atoms with van der Waals surface area (Å²) >= 11 is 7.25. The van der Waals surface area contributed by atoms with Gasteiger partial charge in [0.2, 0.25) is 5.91 Å². The number of thiophene rings is 1. The zero-order chi connectivity index (χ0) is 18.4. The Morgan fingerprint density at radius 3 is 2.88 bits per heavy atom. The highest BCUT2D eigenvalue weighted by Gasteiger charge is 2.06. The number of amides is 1. The Morgan fingerprint density at radius 1 is 1.31 bits per heavy atom. The molecule has 0 spiro atoms. The standard InChI is InChI=1S/C19H14ClFN2O2S/c20-18-7-5-15(26-18)12-23-19(24)8-4-13-3-6-17(16(21)10-13)25-14-2-1-9-22-11-14/h1-11H,12H2,(H,23,24)/b8-4+. The maximum Gasteiger partial charge on any atom is 0.244 e. The van der Waals surface area contributed by atoms with Crippen LogP contribution in [0.2, 0.25) is 4.34 Å². The van der Waals surface area contributed by atoms with Crippen molar-refractivity contribution in [1.82, 2.24) is 10.3 Å². The molecule has 0 atom stereocenters. The van der Waals surface area contributed by atoms with Gasteiger partial charge in [0.1, 0.15) is 5.75 Å². The van der Waals surface area contributed by atoms with E-state index in [0.29, 0.717) is 22.2 Å². The first-order valence-corrected chi connectivity index (χ1v) is 8.87. The van der Waals surface area contributed by atoms with Crippen LogP contribution in [-0.2, 0) is 11.3 Å². The lowest BCUT2D eigenvalue weighted by molar-refractivity contribution is -0.116. The fourth-order valence-corrected chi connectivity index (χ4v) is 3.12. The number of ether oxygens (including phenoxy) is 1. The number of carbonyl (C=O) groups excluding carboxylic acids is 1. The van der Waals surface area contributed by atoms with E-state index < -0.39 is 5.82 Å². The van der Waals surface area contributed by atoms with Crippen molar-refractivity contribution in [2.75, 3.05) is 0 Å². The van der Waals surface area contributed by atoms with Crippen molar-refractivity contribution in [3.05, 3.63) is 81.5 Å². The second-order valence-electron chi connectivity index (χ2n) is 5.24. The molecule has 0 aliphatic rings. The molecule has 26 heavy (non-hydrogen) atoms. The largest absolute Gasteiger partial charge is 0.453 e. The van der Waals surface area contributed by atoms with E-state index in [1.54, 1.807) is 30.5 Å². The highest BCUT2D eigenvalue weighted by atomic mass is 35.5. The molecule has 1 amide bonds. The average molecular weight is 389 g/mol. The van der Waals surface area contributed by atoms with Gasteiger partial charge >= 0.3 is 0 Å². The van der Waals surface area contributed by atoms with Gasteiger partial charge in [-0.2, -0.15) is 0 Å². The van der Waals surface area contributed by atoms with Gasteiger partial charge in [-0.3, -0.25) is 9.78 Å². The Bertz CT molecular complexity index is 928. The number of benzene rings is 1. The molecule has 0 unspecified atom stereocenters. The summed E-state index contributed by atoms with van der Waals surface area (Å²) in [6, 6.07) is 11.5. The lowest BCUT2D eigenvalue weighted by Gasteiger charge is -2.06. The monoisotopic (exact) mass is 388 g/mol. The smallest absolute Gasteiger partial charge is 0.244 e. The minimum Gasteiger partial charge on any atom is -0.453 e. The van der Waals surface area contributed by atoms with Crippen LogP contribution in [0.1, 0.15) is 10.4 Å². The van der Waals surface area contributed by atoms with Crippen LogP contribution >= 0.6 is 22.9 Å². The molecule has 0 saturated carbocycles. The van der Waals surface area contributed by atoms with Gasteiger partial charge in [0, 0.05) is 17.2 Å². The summed E-state index contributed by atoms with van der Waals surface area (Å²) in [6.07, 6.45) is 5.99. The molecule has 2 aromatic heterocycles.